The number of piperazine rings is 1. The van der Waals surface area contributed by atoms with E-state index in [-0.39, 0.29) is 0 Å². The van der Waals surface area contributed by atoms with Gasteiger partial charge in [-0.25, -0.2) is 0 Å². The van der Waals surface area contributed by atoms with Crippen molar-refractivity contribution in [2.45, 2.75) is 45.1 Å². The molecule has 138 valence electrons. The highest BCUT2D eigenvalue weighted by Gasteiger charge is 2.30. The molecule has 0 saturated carbocycles. The van der Waals surface area contributed by atoms with E-state index in [1.807, 2.05) is 0 Å². The summed E-state index contributed by atoms with van der Waals surface area (Å²) in [6.45, 7) is 8.35. The molecule has 0 amide bonds. The molecule has 0 aromatic heterocycles. The van der Waals surface area contributed by atoms with Crippen LogP contribution >= 0.6 is 0 Å². The van der Waals surface area contributed by atoms with Gasteiger partial charge in [-0.3, -0.25) is 4.90 Å². The monoisotopic (exact) mass is 348 g/mol. The van der Waals surface area contributed by atoms with Crippen molar-refractivity contribution in [1.82, 2.24) is 9.80 Å². The fourth-order valence-corrected chi connectivity index (χ4v) is 4.72. The second kappa shape index (κ2) is 8.37. The third-order valence-corrected chi connectivity index (χ3v) is 6.21. The Morgan fingerprint density at radius 2 is 1.35 bits per heavy atom. The average molecular weight is 349 g/mol. The molecule has 0 N–H and O–H groups in total. The van der Waals surface area contributed by atoms with Crippen molar-refractivity contribution in [2.75, 3.05) is 32.7 Å². The maximum atomic E-state index is 2.74. The lowest BCUT2D eigenvalue weighted by Crippen LogP contribution is -2.48. The molecule has 1 heterocycles. The van der Waals surface area contributed by atoms with E-state index in [4.69, 9.17) is 0 Å². The van der Waals surface area contributed by atoms with Gasteiger partial charge in [-0.15, -0.1) is 0 Å². The second-order valence-electron chi connectivity index (χ2n) is 7.88. The lowest BCUT2D eigenvalue weighted by atomic mass is 9.92. The van der Waals surface area contributed by atoms with Crippen LogP contribution in [0.2, 0.25) is 0 Å². The number of nitrogens with zero attached hydrogens (tertiary/aromatic N) is 2. The highest BCUT2D eigenvalue weighted by atomic mass is 15.3. The Hall–Kier alpha value is -1.64. The largest absolute Gasteiger partial charge is 0.301 e. The molecule has 1 aliphatic heterocycles. The summed E-state index contributed by atoms with van der Waals surface area (Å²) in [5.41, 5.74) is 6.16. The van der Waals surface area contributed by atoms with Crippen LogP contribution in [0.5, 0.6) is 0 Å². The van der Waals surface area contributed by atoms with E-state index in [1.54, 1.807) is 11.1 Å². The zero-order chi connectivity index (χ0) is 17.8. The Bertz CT molecular complexity index is 668. The molecule has 2 aliphatic rings. The standard InChI is InChI=1S/C24H32N2/c1-2-3-8-15-25-16-18-26(19-17-25)24-22-11-6-4-9-20(22)13-14-21-10-5-7-12-23(21)24/h4-7,9-12,24H,2-3,8,13-19H2,1H3. The molecule has 0 bridgehead atoms. The van der Waals surface area contributed by atoms with Crippen molar-refractivity contribution < 1.29 is 0 Å². The van der Waals surface area contributed by atoms with Crippen LogP contribution in [0.25, 0.3) is 0 Å². The van der Waals surface area contributed by atoms with Gasteiger partial charge in [0.05, 0.1) is 6.04 Å². The van der Waals surface area contributed by atoms with Crippen LogP contribution in [0, 0.1) is 0 Å². The van der Waals surface area contributed by atoms with Crippen LogP contribution in [-0.2, 0) is 12.8 Å². The van der Waals surface area contributed by atoms with Gasteiger partial charge >= 0.3 is 0 Å². The first-order chi connectivity index (χ1) is 12.9. The molecule has 26 heavy (non-hydrogen) atoms. The van der Waals surface area contributed by atoms with Gasteiger partial charge < -0.3 is 4.90 Å². The van der Waals surface area contributed by atoms with Gasteiger partial charge in [-0.2, -0.15) is 0 Å². The fraction of sp³-hybridized carbons (Fsp3) is 0.500. The first-order valence-corrected chi connectivity index (χ1v) is 10.5. The molecule has 2 aromatic rings. The quantitative estimate of drug-likeness (QED) is 0.724. The van der Waals surface area contributed by atoms with Gasteiger partial charge in [0.15, 0.2) is 0 Å². The van der Waals surface area contributed by atoms with E-state index in [9.17, 15) is 0 Å². The summed E-state index contributed by atoms with van der Waals surface area (Å²) in [5.74, 6) is 0. The number of benzene rings is 2. The Morgan fingerprint density at radius 3 is 1.92 bits per heavy atom. The zero-order valence-corrected chi connectivity index (χ0v) is 16.2. The maximum Gasteiger partial charge on any atom is 0.0608 e. The van der Waals surface area contributed by atoms with Gasteiger partial charge in [-0.1, -0.05) is 68.3 Å². The van der Waals surface area contributed by atoms with Crippen LogP contribution in [0.15, 0.2) is 48.5 Å². The van der Waals surface area contributed by atoms with Gasteiger partial charge in [0.25, 0.3) is 0 Å². The summed E-state index contributed by atoms with van der Waals surface area (Å²) >= 11 is 0. The molecule has 1 saturated heterocycles. The molecular formula is C24H32N2. The molecule has 2 aromatic carbocycles. The average Bonchev–Trinajstić information content (AvgIpc) is 2.86. The number of aryl methyl sites for hydroxylation is 2. The van der Waals surface area contributed by atoms with Crippen LogP contribution in [-0.4, -0.2) is 42.5 Å². The first-order valence-electron chi connectivity index (χ1n) is 10.5. The summed E-state index contributed by atoms with van der Waals surface area (Å²) in [6, 6.07) is 18.7. The lowest BCUT2D eigenvalue weighted by molar-refractivity contribution is 0.108. The minimum Gasteiger partial charge on any atom is -0.301 e. The Labute approximate surface area is 158 Å². The molecule has 0 radical (unpaired) electrons. The van der Waals surface area contributed by atoms with E-state index < -0.39 is 0 Å². The predicted molar refractivity (Wildman–Crippen MR) is 110 cm³/mol. The number of hydrogen-bond acceptors (Lipinski definition) is 2. The van der Waals surface area contributed by atoms with E-state index in [2.05, 4.69) is 65.3 Å². The fourth-order valence-electron chi connectivity index (χ4n) is 4.72. The van der Waals surface area contributed by atoms with Crippen molar-refractivity contribution in [3.63, 3.8) is 0 Å². The summed E-state index contributed by atoms with van der Waals surface area (Å²) in [4.78, 5) is 5.40. The Balaban J connectivity index is 1.56. The number of hydrogen-bond donors (Lipinski definition) is 0. The number of fused-ring (bicyclic) bond motifs is 2. The number of unbranched alkanes of at least 4 members (excludes halogenated alkanes) is 2. The minimum atomic E-state index is 0.433. The Morgan fingerprint density at radius 1 is 0.769 bits per heavy atom. The van der Waals surface area contributed by atoms with Crippen LogP contribution in [0.4, 0.5) is 0 Å². The number of rotatable bonds is 5. The normalized spacial score (nSPS) is 19.0. The first kappa shape index (κ1) is 17.8. The van der Waals surface area contributed by atoms with Crippen LogP contribution in [0.1, 0.15) is 54.5 Å². The molecule has 2 nitrogen and oxygen atoms in total. The Kier molecular flexibility index (Phi) is 5.72. The summed E-state index contributed by atoms with van der Waals surface area (Å²) < 4.78 is 0. The molecule has 1 fully saturated rings. The highest BCUT2D eigenvalue weighted by Crippen LogP contribution is 2.37. The van der Waals surface area contributed by atoms with E-state index in [1.165, 1.54) is 76.0 Å². The minimum absolute atomic E-state index is 0.433. The van der Waals surface area contributed by atoms with E-state index >= 15 is 0 Å². The van der Waals surface area contributed by atoms with Gasteiger partial charge in [0.2, 0.25) is 0 Å². The highest BCUT2D eigenvalue weighted by molar-refractivity contribution is 5.44. The van der Waals surface area contributed by atoms with Gasteiger partial charge in [0.1, 0.15) is 0 Å². The van der Waals surface area contributed by atoms with Crippen molar-refractivity contribution in [2.24, 2.45) is 0 Å². The molecule has 4 rings (SSSR count). The molecule has 1 aliphatic carbocycles. The van der Waals surface area contributed by atoms with Crippen LogP contribution in [0.3, 0.4) is 0 Å². The van der Waals surface area contributed by atoms with Crippen molar-refractivity contribution in [3.05, 3.63) is 70.8 Å². The summed E-state index contributed by atoms with van der Waals surface area (Å²) in [5, 5.41) is 0. The molecular weight excluding hydrogens is 316 g/mol. The topological polar surface area (TPSA) is 6.48 Å². The van der Waals surface area contributed by atoms with E-state index in [0.717, 1.165) is 0 Å². The van der Waals surface area contributed by atoms with Gasteiger partial charge in [0, 0.05) is 26.2 Å². The SMILES string of the molecule is CCCCCN1CCN(C2c3ccccc3CCc3ccccc32)CC1. The molecule has 2 heteroatoms. The smallest absolute Gasteiger partial charge is 0.0608 e. The van der Waals surface area contributed by atoms with Gasteiger partial charge in [-0.05, 0) is 48.1 Å². The molecule has 0 spiro atoms. The molecule has 0 atom stereocenters. The van der Waals surface area contributed by atoms with Crippen LogP contribution < -0.4 is 0 Å². The maximum absolute atomic E-state index is 2.74. The lowest BCUT2D eigenvalue weighted by Gasteiger charge is -2.40. The third-order valence-electron chi connectivity index (χ3n) is 6.21. The third kappa shape index (κ3) is 3.72. The van der Waals surface area contributed by atoms with Crippen molar-refractivity contribution in [1.29, 1.82) is 0 Å². The van der Waals surface area contributed by atoms with Crippen molar-refractivity contribution in [3.8, 4) is 0 Å². The second-order valence-corrected chi connectivity index (χ2v) is 7.88. The molecule has 0 unspecified atom stereocenters. The van der Waals surface area contributed by atoms with E-state index in [0.29, 0.717) is 6.04 Å². The van der Waals surface area contributed by atoms with Crippen molar-refractivity contribution >= 4 is 0 Å². The summed E-state index contributed by atoms with van der Waals surface area (Å²) in [7, 11) is 0. The predicted octanol–water partition coefficient (Wildman–Crippen LogP) is 4.68. The zero-order valence-electron chi connectivity index (χ0n) is 16.2. The summed E-state index contributed by atoms with van der Waals surface area (Å²) in [6.07, 6.45) is 6.37.